The number of aromatic nitrogens is 2. The van der Waals surface area contributed by atoms with E-state index >= 15 is 0 Å². The Morgan fingerprint density at radius 3 is 2.61 bits per heavy atom. The normalized spacial score (nSPS) is 18.9. The van der Waals surface area contributed by atoms with Gasteiger partial charge in [0, 0.05) is 38.1 Å². The number of rotatable bonds is 8. The highest BCUT2D eigenvalue weighted by Crippen LogP contribution is 2.40. The number of piperazine rings is 1. The fourth-order valence-corrected chi connectivity index (χ4v) is 5.29. The minimum absolute atomic E-state index is 0.118. The molecule has 1 aliphatic heterocycles. The van der Waals surface area contributed by atoms with Crippen molar-refractivity contribution in [3.05, 3.63) is 58.7 Å². The molecule has 2 aliphatic rings. The van der Waals surface area contributed by atoms with Crippen molar-refractivity contribution < 1.29 is 9.59 Å². The summed E-state index contributed by atoms with van der Waals surface area (Å²) in [6, 6.07) is 8.53. The first-order valence-electron chi connectivity index (χ1n) is 12.8. The number of hydrogen-bond donors (Lipinski definition) is 1. The fourth-order valence-electron chi connectivity index (χ4n) is 5.29. The predicted molar refractivity (Wildman–Crippen MR) is 140 cm³/mol. The number of imidazole rings is 1. The van der Waals surface area contributed by atoms with Crippen LogP contribution in [0.25, 0.3) is 5.57 Å². The van der Waals surface area contributed by atoms with Crippen LogP contribution in [0.1, 0.15) is 80.0 Å². The summed E-state index contributed by atoms with van der Waals surface area (Å²) in [6.45, 7) is 13.2. The Morgan fingerprint density at radius 1 is 1.25 bits per heavy atom. The SMILES string of the molecule is CC1(C)CC=C(c2cc(C(C)(C)N3CCN(CC=O)CC3)ccc2CC(=O)c2ncc(C#N)[nH]2)CC1. The summed E-state index contributed by atoms with van der Waals surface area (Å²) < 4.78 is 0. The van der Waals surface area contributed by atoms with Crippen LogP contribution in [0.3, 0.4) is 0 Å². The van der Waals surface area contributed by atoms with Gasteiger partial charge in [-0.2, -0.15) is 5.26 Å². The molecular weight excluding hydrogens is 450 g/mol. The summed E-state index contributed by atoms with van der Waals surface area (Å²) in [4.78, 5) is 35.6. The van der Waals surface area contributed by atoms with E-state index in [9.17, 15) is 9.59 Å². The van der Waals surface area contributed by atoms with E-state index in [4.69, 9.17) is 5.26 Å². The number of ketones is 1. The lowest BCUT2D eigenvalue weighted by atomic mass is 9.75. The lowest BCUT2D eigenvalue weighted by molar-refractivity contribution is -0.109. The number of nitrogens with one attached hydrogen (secondary N) is 1. The molecule has 0 atom stereocenters. The molecule has 0 spiro atoms. The van der Waals surface area contributed by atoms with Crippen LogP contribution < -0.4 is 0 Å². The van der Waals surface area contributed by atoms with Gasteiger partial charge in [-0.3, -0.25) is 14.6 Å². The second kappa shape index (κ2) is 10.5. The molecule has 0 radical (unpaired) electrons. The standard InChI is InChI=1S/C29H37N5O2/c1-28(2)9-7-21(8-10-28)25-18-23(29(3,4)34-13-11-33(12-14-34)15-16-35)6-5-22(25)17-26(36)27-31-20-24(19-30)32-27/h5-7,16,18,20H,8-15,17H2,1-4H3,(H,31,32). The van der Waals surface area contributed by atoms with Gasteiger partial charge in [-0.05, 0) is 66.9 Å². The molecule has 7 heteroatoms. The highest BCUT2D eigenvalue weighted by Gasteiger charge is 2.32. The summed E-state index contributed by atoms with van der Waals surface area (Å²) in [6.07, 6.45) is 8.09. The number of allylic oxidation sites excluding steroid dienone is 2. The largest absolute Gasteiger partial charge is 0.327 e. The maximum atomic E-state index is 13.0. The van der Waals surface area contributed by atoms with Crippen molar-refractivity contribution in [1.29, 1.82) is 5.26 Å². The van der Waals surface area contributed by atoms with E-state index in [1.54, 1.807) is 0 Å². The molecule has 1 aliphatic carbocycles. The Labute approximate surface area is 214 Å². The number of nitriles is 1. The lowest BCUT2D eigenvalue weighted by Crippen LogP contribution is -2.53. The van der Waals surface area contributed by atoms with Crippen LogP contribution >= 0.6 is 0 Å². The van der Waals surface area contributed by atoms with Gasteiger partial charge < -0.3 is 9.78 Å². The summed E-state index contributed by atoms with van der Waals surface area (Å²) in [5.74, 6) is 0.113. The molecule has 1 fully saturated rings. The highest BCUT2D eigenvalue weighted by atomic mass is 16.1. The van der Waals surface area contributed by atoms with Crippen LogP contribution in [0.2, 0.25) is 0 Å². The number of aromatic amines is 1. The lowest BCUT2D eigenvalue weighted by Gasteiger charge is -2.44. The van der Waals surface area contributed by atoms with Gasteiger partial charge in [0.05, 0.1) is 12.7 Å². The zero-order chi connectivity index (χ0) is 25.9. The van der Waals surface area contributed by atoms with Gasteiger partial charge in [0.1, 0.15) is 18.0 Å². The van der Waals surface area contributed by atoms with Gasteiger partial charge in [0.15, 0.2) is 5.82 Å². The quantitative estimate of drug-likeness (QED) is 0.440. The Balaban J connectivity index is 1.64. The van der Waals surface area contributed by atoms with Gasteiger partial charge in [0.2, 0.25) is 5.78 Å². The van der Waals surface area contributed by atoms with Crippen molar-refractivity contribution in [2.45, 2.75) is 58.9 Å². The van der Waals surface area contributed by atoms with Gasteiger partial charge in [-0.1, -0.05) is 32.1 Å². The van der Waals surface area contributed by atoms with E-state index in [2.05, 4.69) is 71.7 Å². The molecule has 1 aromatic carbocycles. The summed E-state index contributed by atoms with van der Waals surface area (Å²) >= 11 is 0. The van der Waals surface area contributed by atoms with Crippen molar-refractivity contribution in [2.24, 2.45) is 5.41 Å². The van der Waals surface area contributed by atoms with Crippen LogP contribution in [0.15, 0.2) is 30.5 Å². The maximum absolute atomic E-state index is 13.0. The first-order chi connectivity index (χ1) is 17.1. The van der Waals surface area contributed by atoms with Crippen LogP contribution in [0.4, 0.5) is 0 Å². The molecule has 0 bridgehead atoms. The van der Waals surface area contributed by atoms with Gasteiger partial charge >= 0.3 is 0 Å². The Bertz CT molecular complexity index is 1190. The molecule has 190 valence electrons. The smallest absolute Gasteiger partial charge is 0.202 e. The number of carbonyl (C=O) groups is 2. The highest BCUT2D eigenvalue weighted by molar-refractivity contribution is 5.95. The third kappa shape index (κ3) is 5.66. The van der Waals surface area contributed by atoms with Gasteiger partial charge in [-0.25, -0.2) is 4.98 Å². The molecule has 1 aromatic heterocycles. The van der Waals surface area contributed by atoms with Crippen LogP contribution in [0, 0.1) is 16.7 Å². The average molecular weight is 488 g/mol. The number of hydrogen-bond acceptors (Lipinski definition) is 6. The Hall–Kier alpha value is -3.08. The van der Waals surface area contributed by atoms with Crippen molar-refractivity contribution >= 4 is 17.6 Å². The fraction of sp³-hybridized carbons (Fsp3) is 0.517. The molecule has 0 unspecified atom stereocenters. The van der Waals surface area contributed by atoms with E-state index in [0.29, 0.717) is 17.7 Å². The molecule has 2 heterocycles. The number of carbonyl (C=O) groups excluding carboxylic acids is 2. The minimum atomic E-state index is -0.179. The summed E-state index contributed by atoms with van der Waals surface area (Å²) in [7, 11) is 0. The third-order valence-corrected chi connectivity index (χ3v) is 7.94. The first-order valence-corrected chi connectivity index (χ1v) is 12.8. The summed E-state index contributed by atoms with van der Waals surface area (Å²) in [5.41, 5.74) is 5.09. The molecule has 4 rings (SSSR count). The van der Waals surface area contributed by atoms with E-state index in [0.717, 1.165) is 62.9 Å². The molecule has 7 nitrogen and oxygen atoms in total. The van der Waals surface area contributed by atoms with Gasteiger partial charge in [-0.15, -0.1) is 0 Å². The van der Waals surface area contributed by atoms with Crippen LogP contribution in [0.5, 0.6) is 0 Å². The zero-order valence-electron chi connectivity index (χ0n) is 21.9. The second-order valence-electron chi connectivity index (χ2n) is 11.3. The van der Waals surface area contributed by atoms with E-state index in [1.165, 1.54) is 17.3 Å². The third-order valence-electron chi connectivity index (χ3n) is 7.94. The monoisotopic (exact) mass is 487 g/mol. The zero-order valence-corrected chi connectivity index (χ0v) is 21.9. The van der Waals surface area contributed by atoms with Crippen LogP contribution in [-0.2, 0) is 16.8 Å². The number of Topliss-reactive ketones (excluding diaryl/α,β-unsaturated/α-hetero) is 1. The number of aldehydes is 1. The predicted octanol–water partition coefficient (Wildman–Crippen LogP) is 4.35. The van der Waals surface area contributed by atoms with E-state index in [-0.39, 0.29) is 23.6 Å². The van der Waals surface area contributed by atoms with Crippen molar-refractivity contribution in [3.63, 3.8) is 0 Å². The van der Waals surface area contributed by atoms with Gasteiger partial charge in [0.25, 0.3) is 0 Å². The molecule has 0 amide bonds. The molecule has 1 saturated heterocycles. The topological polar surface area (TPSA) is 93.1 Å². The molecule has 1 N–H and O–H groups in total. The van der Waals surface area contributed by atoms with Crippen molar-refractivity contribution in [3.8, 4) is 6.07 Å². The molecule has 0 saturated carbocycles. The van der Waals surface area contributed by atoms with E-state index in [1.807, 2.05) is 6.07 Å². The number of benzene rings is 1. The molecule has 36 heavy (non-hydrogen) atoms. The van der Waals surface area contributed by atoms with E-state index < -0.39 is 0 Å². The van der Waals surface area contributed by atoms with Crippen LogP contribution in [-0.4, -0.2) is 64.6 Å². The molecular formula is C29H37N5O2. The Morgan fingerprint density at radius 2 is 2.00 bits per heavy atom. The molecule has 2 aromatic rings. The number of H-pyrrole nitrogens is 1. The summed E-state index contributed by atoms with van der Waals surface area (Å²) in [5, 5.41) is 9.07. The second-order valence-corrected chi connectivity index (χ2v) is 11.3. The van der Waals surface area contributed by atoms with Crippen molar-refractivity contribution in [1.82, 2.24) is 19.8 Å². The first kappa shape index (κ1) is 26.0. The average Bonchev–Trinajstić information content (AvgIpc) is 3.35. The minimum Gasteiger partial charge on any atom is -0.327 e. The number of nitrogens with zero attached hydrogens (tertiary/aromatic N) is 4. The van der Waals surface area contributed by atoms with Crippen molar-refractivity contribution in [2.75, 3.05) is 32.7 Å². The maximum Gasteiger partial charge on any atom is 0.202 e. The Kier molecular flexibility index (Phi) is 7.58.